The predicted octanol–water partition coefficient (Wildman–Crippen LogP) is 2.51. The molecule has 0 saturated carbocycles. The molecule has 3 aliphatic rings. The van der Waals surface area contributed by atoms with Gasteiger partial charge in [0, 0.05) is 38.8 Å². The average Bonchev–Trinajstić information content (AvgIpc) is 3.27. The van der Waals surface area contributed by atoms with Crippen LogP contribution in [0.25, 0.3) is 0 Å². The van der Waals surface area contributed by atoms with Crippen molar-refractivity contribution in [1.29, 1.82) is 5.26 Å². The Morgan fingerprint density at radius 3 is 2.64 bits per heavy atom. The van der Waals surface area contributed by atoms with Crippen molar-refractivity contribution in [3.05, 3.63) is 41.5 Å². The number of aromatic nitrogens is 2. The number of hydrogen-bond acceptors (Lipinski definition) is 5. The second kappa shape index (κ2) is 8.85. The maximum atomic E-state index is 12.8. The molecule has 3 amide bonds. The van der Waals surface area contributed by atoms with Crippen LogP contribution in [0.2, 0.25) is 0 Å². The first kappa shape index (κ1) is 22.8. The second-order valence-corrected chi connectivity index (χ2v) is 10.0. The minimum Gasteiger partial charge on any atom is -0.341 e. The van der Waals surface area contributed by atoms with Crippen LogP contribution in [-0.2, 0) is 0 Å². The van der Waals surface area contributed by atoms with Gasteiger partial charge in [-0.15, -0.1) is 0 Å². The summed E-state index contributed by atoms with van der Waals surface area (Å²) in [6.45, 7) is 5.77. The maximum absolute atomic E-state index is 12.8. The number of nitrogens with one attached hydrogen (secondary N) is 2. The Morgan fingerprint density at radius 2 is 2.03 bits per heavy atom. The molecule has 9 heteroatoms. The Bertz CT molecular complexity index is 1060. The first-order valence-electron chi connectivity index (χ1n) is 11.3. The van der Waals surface area contributed by atoms with Gasteiger partial charge in [0.05, 0.1) is 18.3 Å². The van der Waals surface area contributed by atoms with E-state index in [2.05, 4.69) is 35.2 Å². The zero-order chi connectivity index (χ0) is 23.8. The van der Waals surface area contributed by atoms with Crippen molar-refractivity contribution in [2.75, 3.05) is 27.2 Å². The number of rotatable bonds is 4. The van der Waals surface area contributed by atoms with Crippen LogP contribution in [0.5, 0.6) is 0 Å². The number of amides is 3. The molecule has 4 rings (SSSR count). The fourth-order valence-corrected chi connectivity index (χ4v) is 4.70. The molecule has 33 heavy (non-hydrogen) atoms. The molecule has 3 heterocycles. The van der Waals surface area contributed by atoms with E-state index in [0.717, 1.165) is 25.0 Å². The fraction of sp³-hybridized carbons (Fsp3) is 0.542. The highest BCUT2D eigenvalue weighted by atomic mass is 16.2. The molecule has 0 aromatic carbocycles. The van der Waals surface area contributed by atoms with Gasteiger partial charge in [-0.05, 0) is 36.3 Å². The van der Waals surface area contributed by atoms with Crippen LogP contribution in [0.4, 0.5) is 4.79 Å². The van der Waals surface area contributed by atoms with Crippen molar-refractivity contribution >= 4 is 17.6 Å². The van der Waals surface area contributed by atoms with Gasteiger partial charge in [-0.3, -0.25) is 9.79 Å². The zero-order valence-corrected chi connectivity index (χ0v) is 19.6. The molecular formula is C24H31N7O2. The molecule has 1 aromatic heterocycles. The van der Waals surface area contributed by atoms with Crippen LogP contribution in [0.1, 0.15) is 49.4 Å². The number of imidazole rings is 1. The minimum atomic E-state index is -0.366. The average molecular weight is 450 g/mol. The highest BCUT2D eigenvalue weighted by Gasteiger charge is 2.35. The van der Waals surface area contributed by atoms with Crippen molar-refractivity contribution in [2.24, 2.45) is 16.3 Å². The van der Waals surface area contributed by atoms with Gasteiger partial charge >= 0.3 is 6.03 Å². The first-order chi connectivity index (χ1) is 15.7. The van der Waals surface area contributed by atoms with Crippen molar-refractivity contribution in [3.8, 4) is 6.07 Å². The summed E-state index contributed by atoms with van der Waals surface area (Å²) in [7, 11) is 3.62. The van der Waals surface area contributed by atoms with Crippen LogP contribution in [0, 0.1) is 22.7 Å². The van der Waals surface area contributed by atoms with E-state index in [9.17, 15) is 9.59 Å². The third-order valence-electron chi connectivity index (χ3n) is 6.76. The van der Waals surface area contributed by atoms with Gasteiger partial charge in [0.1, 0.15) is 11.8 Å². The van der Waals surface area contributed by atoms with E-state index in [1.807, 2.05) is 32.3 Å². The molecule has 1 fully saturated rings. The summed E-state index contributed by atoms with van der Waals surface area (Å²) in [5, 5.41) is 12.0. The number of carbonyl (C=O) groups excluding carboxylic acids is 2. The van der Waals surface area contributed by atoms with Crippen molar-refractivity contribution in [3.63, 3.8) is 0 Å². The number of carbonyl (C=O) groups is 2. The lowest BCUT2D eigenvalue weighted by Gasteiger charge is -2.39. The van der Waals surface area contributed by atoms with Crippen molar-refractivity contribution in [1.82, 2.24) is 25.1 Å². The highest BCUT2D eigenvalue weighted by Crippen LogP contribution is 2.37. The molecular weight excluding hydrogens is 418 g/mol. The molecule has 2 aliphatic heterocycles. The zero-order valence-electron chi connectivity index (χ0n) is 19.6. The smallest absolute Gasteiger partial charge is 0.319 e. The van der Waals surface area contributed by atoms with Gasteiger partial charge in [-0.25, -0.2) is 9.78 Å². The van der Waals surface area contributed by atoms with E-state index in [1.54, 1.807) is 9.80 Å². The van der Waals surface area contributed by atoms with E-state index in [-0.39, 0.29) is 46.9 Å². The van der Waals surface area contributed by atoms with E-state index in [4.69, 9.17) is 10.3 Å². The number of aliphatic imine (C=N–C) groups is 1. The Balaban J connectivity index is 1.58. The largest absolute Gasteiger partial charge is 0.341 e. The summed E-state index contributed by atoms with van der Waals surface area (Å²) in [5.74, 6) is -0.146. The lowest BCUT2D eigenvalue weighted by molar-refractivity contribution is 0.0931. The van der Waals surface area contributed by atoms with Crippen molar-refractivity contribution < 1.29 is 9.59 Å². The molecule has 1 saturated heterocycles. The van der Waals surface area contributed by atoms with Crippen LogP contribution in [0.15, 0.2) is 35.0 Å². The first-order valence-corrected chi connectivity index (χ1v) is 11.3. The third-order valence-corrected chi connectivity index (χ3v) is 6.76. The predicted molar refractivity (Wildman–Crippen MR) is 125 cm³/mol. The number of allylic oxidation sites excluding steroid dienone is 2. The van der Waals surface area contributed by atoms with Crippen LogP contribution in [-0.4, -0.2) is 76.7 Å². The summed E-state index contributed by atoms with van der Waals surface area (Å²) in [6.07, 6.45) is 10.6. The molecule has 2 N–H and O–H groups in total. The standard InChI is InChI=1S/C24H31N7O2/c1-24(2)9-7-15(8-10-24)20-19(29-22(32)21-26-12-17(11-25)27-21)6-5-18(28-20)16-13-30(3)23(33)31(4)14-16/h5-7,12,16,19-20H,8-10,13-14H2,1-4H3,(H,26,27)(H,29,32). The topological polar surface area (TPSA) is 117 Å². The van der Waals surface area contributed by atoms with Gasteiger partial charge < -0.3 is 20.1 Å². The normalized spacial score (nSPS) is 25.4. The lowest BCUT2D eigenvalue weighted by atomic mass is 9.75. The summed E-state index contributed by atoms with van der Waals surface area (Å²) in [4.78, 5) is 40.3. The number of dihydropyridines is 1. The molecule has 0 radical (unpaired) electrons. The number of urea groups is 1. The molecule has 0 bridgehead atoms. The van der Waals surface area contributed by atoms with Gasteiger partial charge in [0.15, 0.2) is 5.82 Å². The number of H-pyrrole nitrogens is 1. The lowest BCUT2D eigenvalue weighted by Crippen LogP contribution is -2.53. The highest BCUT2D eigenvalue weighted by molar-refractivity contribution is 5.99. The van der Waals surface area contributed by atoms with E-state index in [1.165, 1.54) is 11.8 Å². The fourth-order valence-electron chi connectivity index (χ4n) is 4.70. The SMILES string of the molecule is CN1CC(C2=NC(C3=CCC(C)(C)CC3)C(NC(=O)c3ncc(C#N)[nH]3)C=C2)CN(C)C1=O. The Labute approximate surface area is 194 Å². The van der Waals surface area contributed by atoms with Gasteiger partial charge in [-0.2, -0.15) is 5.26 Å². The molecule has 1 aromatic rings. The van der Waals surface area contributed by atoms with Crippen LogP contribution < -0.4 is 5.32 Å². The number of nitriles is 1. The summed E-state index contributed by atoms with van der Waals surface area (Å²) < 4.78 is 0. The van der Waals surface area contributed by atoms with Crippen LogP contribution in [0.3, 0.4) is 0 Å². The van der Waals surface area contributed by atoms with Crippen molar-refractivity contribution in [2.45, 2.75) is 45.2 Å². The molecule has 174 valence electrons. The number of hydrogen-bond donors (Lipinski definition) is 2. The monoisotopic (exact) mass is 449 g/mol. The number of nitrogens with zero attached hydrogens (tertiary/aromatic N) is 5. The van der Waals surface area contributed by atoms with E-state index >= 15 is 0 Å². The Kier molecular flexibility index (Phi) is 6.11. The molecule has 2 atom stereocenters. The van der Waals surface area contributed by atoms with Crippen LogP contribution >= 0.6 is 0 Å². The Morgan fingerprint density at radius 1 is 1.30 bits per heavy atom. The quantitative estimate of drug-likeness (QED) is 0.687. The molecule has 2 unspecified atom stereocenters. The third kappa shape index (κ3) is 4.85. The minimum absolute atomic E-state index is 0.0146. The molecule has 9 nitrogen and oxygen atoms in total. The molecule has 1 aliphatic carbocycles. The van der Waals surface area contributed by atoms with Gasteiger partial charge in [0.2, 0.25) is 0 Å². The van der Waals surface area contributed by atoms with E-state index in [0.29, 0.717) is 13.1 Å². The Hall–Kier alpha value is -3.41. The number of aromatic amines is 1. The van der Waals surface area contributed by atoms with Gasteiger partial charge in [-0.1, -0.05) is 26.0 Å². The van der Waals surface area contributed by atoms with E-state index < -0.39 is 0 Å². The molecule has 0 spiro atoms. The summed E-state index contributed by atoms with van der Waals surface area (Å²) >= 11 is 0. The second-order valence-electron chi connectivity index (χ2n) is 10.0. The maximum Gasteiger partial charge on any atom is 0.319 e. The summed E-state index contributed by atoms with van der Waals surface area (Å²) in [6, 6.07) is 1.45. The summed E-state index contributed by atoms with van der Waals surface area (Å²) in [5.41, 5.74) is 2.68. The van der Waals surface area contributed by atoms with Gasteiger partial charge in [0.25, 0.3) is 5.91 Å².